The van der Waals surface area contributed by atoms with Gasteiger partial charge in [0.05, 0.1) is 10.6 Å². The quantitative estimate of drug-likeness (QED) is 0.298. The van der Waals surface area contributed by atoms with Gasteiger partial charge < -0.3 is 5.32 Å². The molecular weight excluding hydrogens is 438 g/mol. The topological polar surface area (TPSA) is 144 Å². The van der Waals surface area contributed by atoms with Crippen LogP contribution in [0.2, 0.25) is 0 Å². The summed E-state index contributed by atoms with van der Waals surface area (Å²) in [4.78, 5) is 40.1. The van der Waals surface area contributed by atoms with E-state index >= 15 is 0 Å². The lowest BCUT2D eigenvalue weighted by atomic mass is 10.1. The molecule has 0 aliphatic carbocycles. The highest BCUT2D eigenvalue weighted by Crippen LogP contribution is 2.25. The van der Waals surface area contributed by atoms with E-state index in [0.29, 0.717) is 11.5 Å². The summed E-state index contributed by atoms with van der Waals surface area (Å²) in [6, 6.07) is 22.3. The number of para-hydroxylation sites is 1. The summed E-state index contributed by atoms with van der Waals surface area (Å²) in [5.74, 6) is -1.20. The van der Waals surface area contributed by atoms with Gasteiger partial charge in [0, 0.05) is 24.2 Å². The van der Waals surface area contributed by atoms with E-state index in [1.807, 2.05) is 60.7 Å². The molecular formula is C23H19N7O4. The molecule has 170 valence electrons. The average Bonchev–Trinajstić information content (AvgIpc) is 3.33. The number of benzene rings is 3. The number of rotatable bonds is 6. The predicted octanol–water partition coefficient (Wildman–Crippen LogP) is 2.96. The highest BCUT2D eigenvalue weighted by Gasteiger charge is 2.21. The molecule has 0 atom stereocenters. The van der Waals surface area contributed by atoms with E-state index in [0.717, 1.165) is 11.6 Å². The van der Waals surface area contributed by atoms with Crippen LogP contribution < -0.4 is 16.2 Å². The summed E-state index contributed by atoms with van der Waals surface area (Å²) in [6.07, 6.45) is 0. The third kappa shape index (κ3) is 4.58. The van der Waals surface area contributed by atoms with E-state index in [4.69, 9.17) is 0 Å². The Balaban J connectivity index is 1.56. The fraction of sp³-hybridized carbons (Fsp3) is 0.0435. The van der Waals surface area contributed by atoms with Crippen LogP contribution in [0.25, 0.3) is 17.1 Å². The van der Waals surface area contributed by atoms with Gasteiger partial charge in [0.15, 0.2) is 5.82 Å². The van der Waals surface area contributed by atoms with Crippen molar-refractivity contribution in [2.24, 2.45) is 0 Å². The number of carbonyl (C=O) groups excluding carboxylic acids is 2. The zero-order chi connectivity index (χ0) is 24.1. The molecule has 1 aromatic heterocycles. The number of anilines is 1. The predicted molar refractivity (Wildman–Crippen MR) is 124 cm³/mol. The van der Waals surface area contributed by atoms with E-state index in [2.05, 4.69) is 26.3 Å². The van der Waals surface area contributed by atoms with Gasteiger partial charge in [-0.15, -0.1) is 5.10 Å². The van der Waals surface area contributed by atoms with E-state index in [9.17, 15) is 19.7 Å². The number of carbonyl (C=O) groups is 2. The van der Waals surface area contributed by atoms with E-state index in [1.165, 1.54) is 23.9 Å². The van der Waals surface area contributed by atoms with Crippen LogP contribution in [0, 0.1) is 10.1 Å². The first-order valence-corrected chi connectivity index (χ1v) is 10.1. The first-order valence-electron chi connectivity index (χ1n) is 10.1. The molecule has 0 unspecified atom stereocenters. The zero-order valence-electron chi connectivity index (χ0n) is 17.9. The molecule has 0 bridgehead atoms. The van der Waals surface area contributed by atoms with Gasteiger partial charge in [-0.1, -0.05) is 48.5 Å². The van der Waals surface area contributed by atoms with Crippen LogP contribution >= 0.6 is 0 Å². The molecule has 3 aromatic carbocycles. The molecule has 2 amide bonds. The summed E-state index contributed by atoms with van der Waals surface area (Å²) in [5.41, 5.74) is 5.94. The maximum Gasteiger partial charge on any atom is 0.309 e. The van der Waals surface area contributed by atoms with Gasteiger partial charge >= 0.3 is 5.91 Å². The molecule has 11 nitrogen and oxygen atoms in total. The Bertz CT molecular complexity index is 1300. The van der Waals surface area contributed by atoms with E-state index < -0.39 is 16.7 Å². The minimum Gasteiger partial charge on any atom is -0.383 e. The molecule has 4 aromatic rings. The highest BCUT2D eigenvalue weighted by molar-refractivity contribution is 5.98. The van der Waals surface area contributed by atoms with Crippen LogP contribution in [0.3, 0.4) is 0 Å². The number of amides is 2. The molecule has 0 fully saturated rings. The minimum atomic E-state index is -0.749. The molecule has 0 spiro atoms. The summed E-state index contributed by atoms with van der Waals surface area (Å²) in [7, 11) is 1.54. The molecule has 4 rings (SSSR count). The summed E-state index contributed by atoms with van der Waals surface area (Å²) >= 11 is 0. The number of hydrazine groups is 1. The number of nitrogens with zero attached hydrogens (tertiary/aromatic N) is 4. The van der Waals surface area contributed by atoms with Gasteiger partial charge in [-0.3, -0.25) is 30.6 Å². The van der Waals surface area contributed by atoms with Gasteiger partial charge in [0.25, 0.3) is 11.6 Å². The molecule has 0 saturated carbocycles. The number of hydrogen-bond acceptors (Lipinski definition) is 7. The summed E-state index contributed by atoms with van der Waals surface area (Å²) in [5, 5.41) is 18.2. The SMILES string of the molecule is CNc1ccc(C(=O)NNC(=O)c2nc(-c3ccccc3)n(-c3ccccc3)n2)cc1[N+](=O)[O-]. The molecule has 0 aliphatic heterocycles. The van der Waals surface area contributed by atoms with Crippen molar-refractivity contribution in [2.45, 2.75) is 0 Å². The fourth-order valence-electron chi connectivity index (χ4n) is 3.21. The van der Waals surface area contributed by atoms with Crippen LogP contribution in [-0.2, 0) is 0 Å². The standard InChI is InChI=1S/C23H19N7O4/c1-24-18-13-12-16(14-19(18)30(33)34)22(31)26-27-23(32)20-25-21(15-8-4-2-5-9-15)29(28-20)17-10-6-3-7-11-17/h2-14,24H,1H3,(H,26,31)(H,27,32). The maximum absolute atomic E-state index is 12.7. The summed E-state index contributed by atoms with van der Waals surface area (Å²) < 4.78 is 1.53. The van der Waals surface area contributed by atoms with Crippen molar-refractivity contribution in [2.75, 3.05) is 12.4 Å². The third-order valence-electron chi connectivity index (χ3n) is 4.86. The van der Waals surface area contributed by atoms with Gasteiger partial charge in [-0.25, -0.2) is 9.67 Å². The Morgan fingerprint density at radius 3 is 2.21 bits per heavy atom. The van der Waals surface area contributed by atoms with Crippen LogP contribution in [0.4, 0.5) is 11.4 Å². The highest BCUT2D eigenvalue weighted by atomic mass is 16.6. The number of nitro groups is 1. The first kappa shape index (κ1) is 22.1. The fourth-order valence-corrected chi connectivity index (χ4v) is 3.21. The second-order valence-corrected chi connectivity index (χ2v) is 7.02. The van der Waals surface area contributed by atoms with Crippen molar-refractivity contribution in [3.8, 4) is 17.1 Å². The lowest BCUT2D eigenvalue weighted by molar-refractivity contribution is -0.384. The third-order valence-corrected chi connectivity index (χ3v) is 4.86. The van der Waals surface area contributed by atoms with Crippen molar-refractivity contribution >= 4 is 23.2 Å². The van der Waals surface area contributed by atoms with Gasteiger partial charge in [0.1, 0.15) is 5.69 Å². The number of nitro benzene ring substituents is 1. The molecule has 0 radical (unpaired) electrons. The van der Waals surface area contributed by atoms with Gasteiger partial charge in [0.2, 0.25) is 5.82 Å². The van der Waals surface area contributed by atoms with E-state index in [1.54, 1.807) is 0 Å². The maximum atomic E-state index is 12.7. The van der Waals surface area contributed by atoms with Crippen LogP contribution in [0.15, 0.2) is 78.9 Å². The van der Waals surface area contributed by atoms with Crippen LogP contribution in [0.1, 0.15) is 21.0 Å². The van der Waals surface area contributed by atoms with Crippen molar-refractivity contribution in [1.82, 2.24) is 25.6 Å². The Morgan fingerprint density at radius 1 is 0.912 bits per heavy atom. The van der Waals surface area contributed by atoms with Crippen molar-refractivity contribution < 1.29 is 14.5 Å². The number of aromatic nitrogens is 3. The second-order valence-electron chi connectivity index (χ2n) is 7.02. The van der Waals surface area contributed by atoms with Gasteiger partial charge in [-0.05, 0) is 24.3 Å². The number of hydrogen-bond donors (Lipinski definition) is 3. The lowest BCUT2D eigenvalue weighted by Gasteiger charge is -2.07. The minimum absolute atomic E-state index is 0.00116. The summed E-state index contributed by atoms with van der Waals surface area (Å²) in [6.45, 7) is 0. The molecule has 1 heterocycles. The van der Waals surface area contributed by atoms with Crippen LogP contribution in [-0.4, -0.2) is 38.5 Å². The van der Waals surface area contributed by atoms with Crippen molar-refractivity contribution in [3.63, 3.8) is 0 Å². The molecule has 11 heteroatoms. The molecule has 34 heavy (non-hydrogen) atoms. The van der Waals surface area contributed by atoms with Crippen molar-refractivity contribution in [3.05, 3.63) is 100 Å². The Kier molecular flexibility index (Phi) is 6.26. The normalized spacial score (nSPS) is 10.4. The lowest BCUT2D eigenvalue weighted by Crippen LogP contribution is -2.42. The smallest absolute Gasteiger partial charge is 0.309 e. The van der Waals surface area contributed by atoms with Gasteiger partial charge in [-0.2, -0.15) is 0 Å². The Morgan fingerprint density at radius 2 is 1.56 bits per heavy atom. The van der Waals surface area contributed by atoms with Crippen LogP contribution in [0.5, 0.6) is 0 Å². The Labute approximate surface area is 193 Å². The largest absolute Gasteiger partial charge is 0.383 e. The molecule has 0 saturated heterocycles. The average molecular weight is 457 g/mol. The monoisotopic (exact) mass is 457 g/mol. The number of nitrogens with one attached hydrogen (secondary N) is 3. The zero-order valence-corrected chi connectivity index (χ0v) is 17.9. The van der Waals surface area contributed by atoms with Crippen molar-refractivity contribution in [1.29, 1.82) is 0 Å². The molecule has 3 N–H and O–H groups in total. The second kappa shape index (κ2) is 9.61. The molecule has 0 aliphatic rings. The first-order chi connectivity index (χ1) is 16.5. The van der Waals surface area contributed by atoms with E-state index in [-0.39, 0.29) is 22.8 Å². The Hall–Kier alpha value is -5.06.